The molecule has 0 saturated heterocycles. The number of carbonyl (C=O) groups excluding carboxylic acids is 1. The van der Waals surface area contributed by atoms with Gasteiger partial charge in [0.25, 0.3) is 11.6 Å². The topological polar surface area (TPSA) is 72.2 Å². The number of aryl methyl sites for hydroxylation is 1. The summed E-state index contributed by atoms with van der Waals surface area (Å²) in [4.78, 5) is 22.1. The fourth-order valence-electron chi connectivity index (χ4n) is 1.81. The van der Waals surface area contributed by atoms with Crippen molar-refractivity contribution >= 4 is 28.9 Å². The van der Waals surface area contributed by atoms with Crippen LogP contribution in [-0.4, -0.2) is 10.8 Å². The van der Waals surface area contributed by atoms with E-state index in [1.54, 1.807) is 13.0 Å². The number of hydrogen-bond donors (Lipinski definition) is 1. The first-order valence-electron chi connectivity index (χ1n) is 5.89. The van der Waals surface area contributed by atoms with Gasteiger partial charge in [0.2, 0.25) is 0 Å². The molecule has 2 aromatic carbocycles. The molecule has 0 saturated carbocycles. The van der Waals surface area contributed by atoms with Crippen molar-refractivity contribution in [3.63, 3.8) is 0 Å². The van der Waals surface area contributed by atoms with Crippen molar-refractivity contribution in [1.82, 2.24) is 0 Å². The summed E-state index contributed by atoms with van der Waals surface area (Å²) in [6, 6.07) is 7.77. The number of nitrogens with one attached hydrogen (secondary N) is 1. The van der Waals surface area contributed by atoms with Gasteiger partial charge >= 0.3 is 0 Å². The number of rotatable bonds is 3. The summed E-state index contributed by atoms with van der Waals surface area (Å²) >= 11 is 5.67. The van der Waals surface area contributed by atoms with Crippen molar-refractivity contribution < 1.29 is 14.1 Å². The maximum atomic E-state index is 13.2. The van der Waals surface area contributed by atoms with E-state index in [1.807, 2.05) is 0 Å². The van der Waals surface area contributed by atoms with Crippen LogP contribution < -0.4 is 5.32 Å². The van der Waals surface area contributed by atoms with Crippen LogP contribution in [0.15, 0.2) is 36.4 Å². The maximum absolute atomic E-state index is 13.2. The Hall–Kier alpha value is -2.47. The van der Waals surface area contributed by atoms with Crippen molar-refractivity contribution in [2.45, 2.75) is 6.92 Å². The molecule has 1 amide bonds. The molecule has 0 heterocycles. The molecular formula is C14H10ClFN2O3. The Morgan fingerprint density at radius 1 is 1.29 bits per heavy atom. The predicted molar refractivity (Wildman–Crippen MR) is 77.2 cm³/mol. The molecule has 0 atom stereocenters. The lowest BCUT2D eigenvalue weighted by Gasteiger charge is -2.07. The lowest BCUT2D eigenvalue weighted by molar-refractivity contribution is -0.384. The highest BCUT2D eigenvalue weighted by Crippen LogP contribution is 2.25. The number of halogens is 2. The fraction of sp³-hybridized carbons (Fsp3) is 0.0714. The summed E-state index contributed by atoms with van der Waals surface area (Å²) in [7, 11) is 0. The molecule has 0 aliphatic rings. The normalized spacial score (nSPS) is 10.2. The molecule has 7 heteroatoms. The van der Waals surface area contributed by atoms with E-state index in [0.717, 1.165) is 12.1 Å². The predicted octanol–water partition coefficient (Wildman–Crippen LogP) is 3.95. The number of carbonyl (C=O) groups is 1. The minimum absolute atomic E-state index is 0.0573. The summed E-state index contributed by atoms with van der Waals surface area (Å²) in [5.74, 6) is -1.06. The number of nitro benzene ring substituents is 1. The third-order valence-electron chi connectivity index (χ3n) is 2.71. The molecule has 0 radical (unpaired) electrons. The Labute approximate surface area is 124 Å². The van der Waals surface area contributed by atoms with E-state index in [-0.39, 0.29) is 22.0 Å². The van der Waals surface area contributed by atoms with Crippen LogP contribution in [0.25, 0.3) is 0 Å². The molecule has 1 N–H and O–H groups in total. The van der Waals surface area contributed by atoms with Crippen molar-refractivity contribution in [2.24, 2.45) is 0 Å². The van der Waals surface area contributed by atoms with Crippen LogP contribution in [0.1, 0.15) is 15.9 Å². The molecule has 108 valence electrons. The molecule has 0 bridgehead atoms. The maximum Gasteiger partial charge on any atom is 0.288 e. The second kappa shape index (κ2) is 5.88. The van der Waals surface area contributed by atoms with Gasteiger partial charge in [-0.2, -0.15) is 0 Å². The Bertz CT molecular complexity index is 714. The van der Waals surface area contributed by atoms with Gasteiger partial charge in [0, 0.05) is 17.3 Å². The second-order valence-corrected chi connectivity index (χ2v) is 4.80. The van der Waals surface area contributed by atoms with Crippen LogP contribution in [0, 0.1) is 22.9 Å². The van der Waals surface area contributed by atoms with Gasteiger partial charge in [-0.1, -0.05) is 11.6 Å². The number of nitro groups is 1. The highest BCUT2D eigenvalue weighted by molar-refractivity contribution is 6.32. The zero-order chi connectivity index (χ0) is 15.6. The van der Waals surface area contributed by atoms with E-state index in [0.29, 0.717) is 5.56 Å². The third kappa shape index (κ3) is 3.55. The van der Waals surface area contributed by atoms with E-state index in [9.17, 15) is 19.3 Å². The second-order valence-electron chi connectivity index (χ2n) is 4.39. The summed E-state index contributed by atoms with van der Waals surface area (Å²) in [6.45, 7) is 1.69. The Morgan fingerprint density at radius 2 is 2.00 bits per heavy atom. The fourth-order valence-corrected chi connectivity index (χ4v) is 1.99. The summed E-state index contributed by atoms with van der Waals surface area (Å²) < 4.78 is 13.2. The van der Waals surface area contributed by atoms with Gasteiger partial charge in [0.05, 0.1) is 4.92 Å². The van der Waals surface area contributed by atoms with Crippen LogP contribution in [-0.2, 0) is 0 Å². The first kappa shape index (κ1) is 14.9. The van der Waals surface area contributed by atoms with Crippen LogP contribution in [0.4, 0.5) is 15.8 Å². The number of anilines is 1. The smallest absolute Gasteiger partial charge is 0.288 e. The lowest BCUT2D eigenvalue weighted by atomic mass is 10.1. The highest BCUT2D eigenvalue weighted by Gasteiger charge is 2.16. The average Bonchev–Trinajstić information content (AvgIpc) is 2.37. The standard InChI is InChI=1S/C14H10ClFN2O3/c1-8-4-10(16)7-11(5-8)17-14(19)9-2-3-12(15)13(6-9)18(20)21/h2-7H,1H3,(H,17,19). The SMILES string of the molecule is Cc1cc(F)cc(NC(=O)c2ccc(Cl)c([N+](=O)[O-])c2)c1. The molecule has 21 heavy (non-hydrogen) atoms. The zero-order valence-corrected chi connectivity index (χ0v) is 11.6. The largest absolute Gasteiger partial charge is 0.322 e. The minimum atomic E-state index is -0.675. The number of benzene rings is 2. The van der Waals surface area contributed by atoms with Gasteiger partial charge < -0.3 is 5.32 Å². The quantitative estimate of drug-likeness (QED) is 0.689. The average molecular weight is 309 g/mol. The van der Waals surface area contributed by atoms with Gasteiger partial charge in [0.15, 0.2) is 0 Å². The first-order chi connectivity index (χ1) is 9.86. The molecular weight excluding hydrogens is 299 g/mol. The number of hydrogen-bond acceptors (Lipinski definition) is 3. The molecule has 0 spiro atoms. The molecule has 0 aliphatic carbocycles. The van der Waals surface area contributed by atoms with Crippen molar-refractivity contribution in [3.8, 4) is 0 Å². The summed E-state index contributed by atoms with van der Waals surface area (Å²) in [5.41, 5.74) is 0.621. The molecule has 2 aromatic rings. The van der Waals surface area contributed by atoms with E-state index in [1.165, 1.54) is 18.2 Å². The van der Waals surface area contributed by atoms with Gasteiger partial charge in [-0.15, -0.1) is 0 Å². The zero-order valence-electron chi connectivity index (χ0n) is 10.9. The van der Waals surface area contributed by atoms with E-state index in [4.69, 9.17) is 11.6 Å². The van der Waals surface area contributed by atoms with E-state index < -0.39 is 16.6 Å². The molecule has 0 fully saturated rings. The molecule has 2 rings (SSSR count). The molecule has 0 unspecified atom stereocenters. The van der Waals surface area contributed by atoms with Gasteiger partial charge in [-0.05, 0) is 42.8 Å². The Balaban J connectivity index is 2.28. The van der Waals surface area contributed by atoms with E-state index in [2.05, 4.69) is 5.32 Å². The summed E-state index contributed by atoms with van der Waals surface area (Å²) in [6.07, 6.45) is 0. The van der Waals surface area contributed by atoms with Crippen molar-refractivity contribution in [3.05, 3.63) is 68.5 Å². The summed E-state index contributed by atoms with van der Waals surface area (Å²) in [5, 5.41) is 13.2. The van der Waals surface area contributed by atoms with Crippen LogP contribution in [0.5, 0.6) is 0 Å². The molecule has 5 nitrogen and oxygen atoms in total. The first-order valence-corrected chi connectivity index (χ1v) is 6.27. The monoisotopic (exact) mass is 308 g/mol. The van der Waals surface area contributed by atoms with Crippen LogP contribution in [0.2, 0.25) is 5.02 Å². The molecule has 0 aliphatic heterocycles. The number of amides is 1. The minimum Gasteiger partial charge on any atom is -0.322 e. The number of nitrogens with zero attached hydrogens (tertiary/aromatic N) is 1. The van der Waals surface area contributed by atoms with Gasteiger partial charge in [-0.3, -0.25) is 14.9 Å². The van der Waals surface area contributed by atoms with Crippen molar-refractivity contribution in [1.29, 1.82) is 0 Å². The van der Waals surface area contributed by atoms with Crippen LogP contribution in [0.3, 0.4) is 0 Å². The third-order valence-corrected chi connectivity index (χ3v) is 3.02. The van der Waals surface area contributed by atoms with Crippen molar-refractivity contribution in [2.75, 3.05) is 5.32 Å². The van der Waals surface area contributed by atoms with E-state index >= 15 is 0 Å². The Morgan fingerprint density at radius 3 is 2.62 bits per heavy atom. The van der Waals surface area contributed by atoms with Crippen LogP contribution >= 0.6 is 11.6 Å². The lowest BCUT2D eigenvalue weighted by Crippen LogP contribution is -2.12. The van der Waals surface area contributed by atoms with Gasteiger partial charge in [-0.25, -0.2) is 4.39 Å². The molecule has 0 aromatic heterocycles. The Kier molecular flexibility index (Phi) is 4.18. The highest BCUT2D eigenvalue weighted by atomic mass is 35.5. The van der Waals surface area contributed by atoms with Gasteiger partial charge in [0.1, 0.15) is 10.8 Å².